The zero-order valence-electron chi connectivity index (χ0n) is 10.2. The third-order valence-corrected chi connectivity index (χ3v) is 3.81. The van der Waals surface area contributed by atoms with Crippen molar-refractivity contribution in [3.05, 3.63) is 0 Å². The first kappa shape index (κ1) is 13.4. The molecule has 0 spiro atoms. The van der Waals surface area contributed by atoms with Gasteiger partial charge in [0.25, 0.3) is 0 Å². The number of nitrogens with one attached hydrogen (secondary N) is 1. The predicted octanol–water partition coefficient (Wildman–Crippen LogP) is 2.99. The maximum Gasteiger partial charge on any atom is 0.183 e. The number of hydrogen-bond acceptors (Lipinski definition) is 3. The standard InChI is InChI=1S/C12H21N3S/c1-10-4-3-5-11(8-10)6-7-14-12(16-2)15-9-13/h10-11H,3-8H2,1-2H3,(H,14,15). The molecular weight excluding hydrogens is 218 g/mol. The van der Waals surface area contributed by atoms with Crippen molar-refractivity contribution in [3.8, 4) is 6.19 Å². The number of nitriles is 1. The molecule has 3 nitrogen and oxygen atoms in total. The van der Waals surface area contributed by atoms with Gasteiger partial charge in [-0.25, -0.2) is 0 Å². The van der Waals surface area contributed by atoms with Gasteiger partial charge in [0.15, 0.2) is 11.4 Å². The molecule has 2 atom stereocenters. The van der Waals surface area contributed by atoms with Crippen LogP contribution in [-0.2, 0) is 0 Å². The second kappa shape index (κ2) is 7.56. The first-order chi connectivity index (χ1) is 7.76. The minimum atomic E-state index is 0.742. The second-order valence-corrected chi connectivity index (χ2v) is 5.35. The number of nitrogens with zero attached hydrogens (tertiary/aromatic N) is 2. The van der Waals surface area contributed by atoms with Crippen molar-refractivity contribution in [2.45, 2.75) is 39.0 Å². The predicted molar refractivity (Wildman–Crippen MR) is 70.3 cm³/mol. The van der Waals surface area contributed by atoms with E-state index in [2.05, 4.69) is 17.2 Å². The van der Waals surface area contributed by atoms with Gasteiger partial charge in [0.1, 0.15) is 0 Å². The van der Waals surface area contributed by atoms with Crippen LogP contribution in [0.4, 0.5) is 0 Å². The Kier molecular flexibility index (Phi) is 6.32. The van der Waals surface area contributed by atoms with Crippen LogP contribution < -0.4 is 5.32 Å². The summed E-state index contributed by atoms with van der Waals surface area (Å²) in [6.45, 7) is 3.20. The van der Waals surface area contributed by atoms with Crippen molar-refractivity contribution in [1.82, 2.24) is 5.32 Å². The molecule has 1 rings (SSSR count). The van der Waals surface area contributed by atoms with E-state index in [1.165, 1.54) is 43.9 Å². The normalized spacial score (nSPS) is 26.2. The van der Waals surface area contributed by atoms with Crippen molar-refractivity contribution in [2.75, 3.05) is 12.8 Å². The molecule has 0 aromatic rings. The van der Waals surface area contributed by atoms with E-state index in [4.69, 9.17) is 5.26 Å². The zero-order chi connectivity index (χ0) is 11.8. The van der Waals surface area contributed by atoms with Crippen LogP contribution in [0.25, 0.3) is 0 Å². The summed E-state index contributed by atoms with van der Waals surface area (Å²) in [7, 11) is 0. The summed E-state index contributed by atoms with van der Waals surface area (Å²) in [5.41, 5.74) is 0. The van der Waals surface area contributed by atoms with Gasteiger partial charge in [0, 0.05) is 6.54 Å². The van der Waals surface area contributed by atoms with Gasteiger partial charge in [0.05, 0.1) is 0 Å². The van der Waals surface area contributed by atoms with E-state index in [9.17, 15) is 0 Å². The molecule has 1 aliphatic rings. The quantitative estimate of drug-likeness (QED) is 0.356. The lowest BCUT2D eigenvalue weighted by Crippen LogP contribution is -2.16. The SMILES string of the molecule is CSC(=NCCC1CCCC(C)C1)NC#N. The minimum absolute atomic E-state index is 0.742. The Labute approximate surface area is 103 Å². The average molecular weight is 239 g/mol. The lowest BCUT2D eigenvalue weighted by atomic mass is 9.81. The highest BCUT2D eigenvalue weighted by Gasteiger charge is 2.18. The summed E-state index contributed by atoms with van der Waals surface area (Å²) in [6.07, 6.45) is 10.5. The molecule has 4 heteroatoms. The maximum absolute atomic E-state index is 8.50. The lowest BCUT2D eigenvalue weighted by molar-refractivity contribution is 0.273. The summed E-state index contributed by atoms with van der Waals surface area (Å²) >= 11 is 1.50. The van der Waals surface area contributed by atoms with Gasteiger partial charge < -0.3 is 0 Å². The summed E-state index contributed by atoms with van der Waals surface area (Å²) in [5, 5.41) is 11.8. The Hall–Kier alpha value is -0.690. The number of amidine groups is 1. The molecule has 0 heterocycles. The van der Waals surface area contributed by atoms with E-state index in [1.807, 2.05) is 12.4 Å². The molecule has 0 radical (unpaired) electrons. The number of hydrogen-bond donors (Lipinski definition) is 1. The zero-order valence-corrected chi connectivity index (χ0v) is 11.0. The van der Waals surface area contributed by atoms with Crippen LogP contribution in [-0.4, -0.2) is 18.0 Å². The van der Waals surface area contributed by atoms with Gasteiger partial charge >= 0.3 is 0 Å². The Balaban J connectivity index is 2.25. The van der Waals surface area contributed by atoms with Gasteiger partial charge in [-0.2, -0.15) is 5.26 Å². The molecule has 0 aromatic carbocycles. The molecule has 0 aromatic heterocycles. The van der Waals surface area contributed by atoms with Crippen molar-refractivity contribution in [1.29, 1.82) is 5.26 Å². The molecule has 1 N–H and O–H groups in total. The van der Waals surface area contributed by atoms with E-state index >= 15 is 0 Å². The van der Waals surface area contributed by atoms with E-state index in [1.54, 1.807) is 0 Å². The number of thioether (sulfide) groups is 1. The molecular formula is C12H21N3S. The average Bonchev–Trinajstić information content (AvgIpc) is 2.28. The van der Waals surface area contributed by atoms with Crippen molar-refractivity contribution >= 4 is 16.9 Å². The molecule has 16 heavy (non-hydrogen) atoms. The largest absolute Gasteiger partial charge is 0.272 e. The third kappa shape index (κ3) is 4.89. The van der Waals surface area contributed by atoms with E-state index in [0.29, 0.717) is 0 Å². The van der Waals surface area contributed by atoms with Crippen molar-refractivity contribution in [3.63, 3.8) is 0 Å². The van der Waals surface area contributed by atoms with Crippen LogP contribution in [0.2, 0.25) is 0 Å². The van der Waals surface area contributed by atoms with Gasteiger partial charge in [-0.1, -0.05) is 37.9 Å². The fraction of sp³-hybridized carbons (Fsp3) is 0.833. The van der Waals surface area contributed by atoms with Gasteiger partial charge in [-0.3, -0.25) is 10.3 Å². The fourth-order valence-corrected chi connectivity index (χ4v) is 2.74. The number of rotatable bonds is 3. The molecule has 1 fully saturated rings. The molecule has 1 saturated carbocycles. The molecule has 0 bridgehead atoms. The first-order valence-corrected chi connectivity index (χ1v) is 7.22. The minimum Gasteiger partial charge on any atom is -0.272 e. The smallest absolute Gasteiger partial charge is 0.183 e. The molecule has 90 valence electrons. The number of aliphatic imine (C=N–C) groups is 1. The van der Waals surface area contributed by atoms with Gasteiger partial charge in [0.2, 0.25) is 0 Å². The molecule has 2 unspecified atom stereocenters. The maximum atomic E-state index is 8.50. The van der Waals surface area contributed by atoms with E-state index in [-0.39, 0.29) is 0 Å². The van der Waals surface area contributed by atoms with E-state index in [0.717, 1.165) is 23.5 Å². The highest BCUT2D eigenvalue weighted by atomic mass is 32.2. The van der Waals surface area contributed by atoms with Gasteiger partial charge in [-0.05, 0) is 30.9 Å². The Morgan fingerprint density at radius 3 is 3.00 bits per heavy atom. The molecule has 0 saturated heterocycles. The summed E-state index contributed by atoms with van der Waals surface area (Å²) < 4.78 is 0. The first-order valence-electron chi connectivity index (χ1n) is 5.99. The van der Waals surface area contributed by atoms with Crippen molar-refractivity contribution < 1.29 is 0 Å². The Morgan fingerprint density at radius 1 is 1.56 bits per heavy atom. The summed E-state index contributed by atoms with van der Waals surface area (Å²) in [4.78, 5) is 4.40. The molecule has 0 aliphatic heterocycles. The molecule has 1 aliphatic carbocycles. The monoisotopic (exact) mass is 239 g/mol. The lowest BCUT2D eigenvalue weighted by Gasteiger charge is -2.26. The van der Waals surface area contributed by atoms with Crippen LogP contribution in [0.5, 0.6) is 0 Å². The van der Waals surface area contributed by atoms with Crippen LogP contribution in [0.15, 0.2) is 4.99 Å². The highest BCUT2D eigenvalue weighted by molar-refractivity contribution is 8.13. The summed E-state index contributed by atoms with van der Waals surface area (Å²) in [5.74, 6) is 1.73. The van der Waals surface area contributed by atoms with Gasteiger partial charge in [-0.15, -0.1) is 0 Å². The Bertz CT molecular complexity index is 270. The fourth-order valence-electron chi connectivity index (χ4n) is 2.37. The van der Waals surface area contributed by atoms with Crippen LogP contribution in [0.1, 0.15) is 39.0 Å². The molecule has 0 amide bonds. The van der Waals surface area contributed by atoms with E-state index < -0.39 is 0 Å². The Morgan fingerprint density at radius 2 is 2.38 bits per heavy atom. The third-order valence-electron chi connectivity index (χ3n) is 3.19. The van der Waals surface area contributed by atoms with Crippen LogP contribution >= 0.6 is 11.8 Å². The topological polar surface area (TPSA) is 48.2 Å². The summed E-state index contributed by atoms with van der Waals surface area (Å²) in [6, 6.07) is 0. The second-order valence-electron chi connectivity index (χ2n) is 4.55. The highest BCUT2D eigenvalue weighted by Crippen LogP contribution is 2.30. The van der Waals surface area contributed by atoms with Crippen molar-refractivity contribution in [2.24, 2.45) is 16.8 Å². The van der Waals surface area contributed by atoms with Crippen LogP contribution in [0.3, 0.4) is 0 Å². The van der Waals surface area contributed by atoms with Crippen LogP contribution in [0, 0.1) is 23.3 Å².